The van der Waals surface area contributed by atoms with Crippen molar-refractivity contribution in [2.24, 2.45) is 11.7 Å². The van der Waals surface area contributed by atoms with Crippen LogP contribution in [0, 0.1) is 5.92 Å². The molecule has 2 unspecified atom stereocenters. The standard InChI is InChI=1S/C19H31N3O.ClH/c1-15(17(20)16-10-6-4-7-11-16)18(23)21-14-19(22(2)3)12-8-5-9-13-19;/h4,6-7,10-11,15,17H,5,8-9,12-14,20H2,1-3H3,(H,21,23);1H. The van der Waals surface area contributed by atoms with Gasteiger partial charge in [-0.1, -0.05) is 56.5 Å². The van der Waals surface area contributed by atoms with E-state index in [2.05, 4.69) is 24.3 Å². The molecule has 4 nitrogen and oxygen atoms in total. The molecule has 2 rings (SSSR count). The van der Waals surface area contributed by atoms with Crippen LogP contribution in [0.15, 0.2) is 30.3 Å². The highest BCUT2D eigenvalue weighted by atomic mass is 35.5. The maximum absolute atomic E-state index is 12.6. The zero-order valence-corrected chi connectivity index (χ0v) is 15.9. The molecular weight excluding hydrogens is 322 g/mol. The van der Waals surface area contributed by atoms with E-state index in [9.17, 15) is 4.79 Å². The van der Waals surface area contributed by atoms with Crippen LogP contribution in [0.25, 0.3) is 0 Å². The van der Waals surface area contributed by atoms with Gasteiger partial charge >= 0.3 is 0 Å². The summed E-state index contributed by atoms with van der Waals surface area (Å²) in [6, 6.07) is 9.59. The molecule has 0 spiro atoms. The molecule has 1 aromatic carbocycles. The van der Waals surface area contributed by atoms with Gasteiger partial charge in [0.2, 0.25) is 5.91 Å². The minimum absolute atomic E-state index is 0. The largest absolute Gasteiger partial charge is 0.354 e. The van der Waals surface area contributed by atoms with Gasteiger partial charge in [-0.25, -0.2) is 0 Å². The van der Waals surface area contributed by atoms with E-state index in [1.165, 1.54) is 19.3 Å². The number of nitrogens with two attached hydrogens (primary N) is 1. The van der Waals surface area contributed by atoms with Gasteiger partial charge in [-0.05, 0) is 32.5 Å². The van der Waals surface area contributed by atoms with Crippen molar-refractivity contribution in [2.75, 3.05) is 20.6 Å². The van der Waals surface area contributed by atoms with E-state index < -0.39 is 0 Å². The molecule has 1 aromatic rings. The molecule has 0 bridgehead atoms. The highest BCUT2D eigenvalue weighted by molar-refractivity contribution is 5.85. The molecule has 0 saturated heterocycles. The summed E-state index contributed by atoms with van der Waals surface area (Å²) in [5.74, 6) is -0.187. The van der Waals surface area contributed by atoms with Crippen molar-refractivity contribution >= 4 is 18.3 Å². The second-order valence-corrected chi connectivity index (χ2v) is 7.12. The Balaban J connectivity index is 0.00000288. The number of hydrogen-bond acceptors (Lipinski definition) is 3. The summed E-state index contributed by atoms with van der Waals surface area (Å²) in [5.41, 5.74) is 7.38. The highest BCUT2D eigenvalue weighted by Gasteiger charge is 2.35. The molecule has 2 atom stereocenters. The molecule has 0 heterocycles. The first-order valence-corrected chi connectivity index (χ1v) is 8.72. The molecule has 0 radical (unpaired) electrons. The number of rotatable bonds is 6. The van der Waals surface area contributed by atoms with Gasteiger partial charge in [-0.3, -0.25) is 4.79 Å². The van der Waals surface area contributed by atoms with Crippen LogP contribution in [0.2, 0.25) is 0 Å². The van der Waals surface area contributed by atoms with Gasteiger partial charge in [0, 0.05) is 18.1 Å². The average molecular weight is 354 g/mol. The first kappa shape index (κ1) is 20.9. The number of carbonyl (C=O) groups is 1. The van der Waals surface area contributed by atoms with Gasteiger partial charge in [-0.15, -0.1) is 12.4 Å². The van der Waals surface area contributed by atoms with Gasteiger partial charge in [0.05, 0.1) is 5.92 Å². The summed E-state index contributed by atoms with van der Waals surface area (Å²) in [6.07, 6.45) is 6.10. The lowest BCUT2D eigenvalue weighted by Gasteiger charge is -2.43. The molecule has 1 amide bonds. The van der Waals surface area contributed by atoms with Gasteiger partial charge < -0.3 is 16.0 Å². The van der Waals surface area contributed by atoms with Crippen molar-refractivity contribution in [1.82, 2.24) is 10.2 Å². The molecule has 5 heteroatoms. The lowest BCUT2D eigenvalue weighted by molar-refractivity contribution is -0.125. The second kappa shape index (κ2) is 9.40. The van der Waals surface area contributed by atoms with Crippen LogP contribution in [-0.4, -0.2) is 37.0 Å². The van der Waals surface area contributed by atoms with Crippen molar-refractivity contribution in [2.45, 2.75) is 50.6 Å². The zero-order chi connectivity index (χ0) is 16.9. The maximum atomic E-state index is 12.6. The molecular formula is C19H32ClN3O. The summed E-state index contributed by atoms with van der Waals surface area (Å²) >= 11 is 0. The van der Waals surface area contributed by atoms with Crippen molar-refractivity contribution in [3.05, 3.63) is 35.9 Å². The summed E-state index contributed by atoms with van der Waals surface area (Å²) in [5, 5.41) is 3.16. The van der Waals surface area contributed by atoms with Gasteiger partial charge in [0.15, 0.2) is 0 Å². The summed E-state index contributed by atoms with van der Waals surface area (Å²) in [4.78, 5) is 14.8. The van der Waals surface area contributed by atoms with E-state index in [1.54, 1.807) is 0 Å². The number of nitrogens with zero attached hydrogens (tertiary/aromatic N) is 1. The van der Waals surface area contributed by atoms with E-state index in [4.69, 9.17) is 5.73 Å². The van der Waals surface area contributed by atoms with Crippen molar-refractivity contribution in [3.63, 3.8) is 0 Å². The van der Waals surface area contributed by atoms with Crippen LogP contribution in [0.3, 0.4) is 0 Å². The molecule has 136 valence electrons. The Bertz CT molecular complexity index is 501. The molecule has 1 saturated carbocycles. The minimum Gasteiger partial charge on any atom is -0.354 e. The third kappa shape index (κ3) is 4.95. The van der Waals surface area contributed by atoms with Crippen molar-refractivity contribution in [3.8, 4) is 0 Å². The van der Waals surface area contributed by atoms with E-state index >= 15 is 0 Å². The van der Waals surface area contributed by atoms with Gasteiger partial charge in [0.1, 0.15) is 0 Å². The monoisotopic (exact) mass is 353 g/mol. The van der Waals surface area contributed by atoms with Gasteiger partial charge in [0.25, 0.3) is 0 Å². The molecule has 3 N–H and O–H groups in total. The van der Waals surface area contributed by atoms with Crippen molar-refractivity contribution < 1.29 is 4.79 Å². The fourth-order valence-electron chi connectivity index (χ4n) is 3.53. The number of likely N-dealkylation sites (N-methyl/N-ethyl adjacent to an activating group) is 1. The number of amides is 1. The Morgan fingerprint density at radius 3 is 2.33 bits per heavy atom. The normalized spacial score (nSPS) is 19.2. The third-order valence-corrected chi connectivity index (χ3v) is 5.46. The Labute approximate surface area is 152 Å². The molecule has 1 aliphatic carbocycles. The van der Waals surface area contributed by atoms with E-state index in [1.807, 2.05) is 37.3 Å². The lowest BCUT2D eigenvalue weighted by atomic mass is 9.80. The fourth-order valence-corrected chi connectivity index (χ4v) is 3.53. The number of hydrogen-bond donors (Lipinski definition) is 2. The highest BCUT2D eigenvalue weighted by Crippen LogP contribution is 2.31. The third-order valence-electron chi connectivity index (χ3n) is 5.46. The summed E-state index contributed by atoms with van der Waals surface area (Å²) in [7, 11) is 4.24. The van der Waals surface area contributed by atoms with Crippen molar-refractivity contribution in [1.29, 1.82) is 0 Å². The van der Waals surface area contributed by atoms with Crippen LogP contribution in [0.5, 0.6) is 0 Å². The Morgan fingerprint density at radius 2 is 1.79 bits per heavy atom. The molecule has 24 heavy (non-hydrogen) atoms. The minimum atomic E-state index is -0.266. The molecule has 1 aliphatic rings. The van der Waals surface area contributed by atoms with Crippen LogP contribution in [0.1, 0.15) is 50.6 Å². The smallest absolute Gasteiger partial charge is 0.224 e. The summed E-state index contributed by atoms with van der Waals surface area (Å²) in [6.45, 7) is 2.63. The first-order valence-electron chi connectivity index (χ1n) is 8.72. The van der Waals surface area contributed by atoms with E-state index in [-0.39, 0.29) is 35.8 Å². The molecule has 1 fully saturated rings. The predicted octanol–water partition coefficient (Wildman–Crippen LogP) is 3.13. The average Bonchev–Trinajstić information content (AvgIpc) is 2.59. The number of halogens is 1. The maximum Gasteiger partial charge on any atom is 0.224 e. The van der Waals surface area contributed by atoms with Crippen LogP contribution in [-0.2, 0) is 4.79 Å². The fraction of sp³-hybridized carbons (Fsp3) is 0.632. The first-order chi connectivity index (χ1) is 11.0. The van der Waals surface area contributed by atoms with Gasteiger partial charge in [-0.2, -0.15) is 0 Å². The predicted molar refractivity (Wildman–Crippen MR) is 102 cm³/mol. The Hall–Kier alpha value is -1.10. The van der Waals surface area contributed by atoms with Crippen LogP contribution >= 0.6 is 12.4 Å². The molecule has 0 aliphatic heterocycles. The Kier molecular flexibility index (Phi) is 8.20. The SMILES string of the molecule is CC(C(=O)NCC1(N(C)C)CCCCC1)C(N)c1ccccc1.Cl. The number of benzene rings is 1. The number of carbonyl (C=O) groups excluding carboxylic acids is 1. The van der Waals surface area contributed by atoms with Crippen LogP contribution in [0.4, 0.5) is 0 Å². The quantitative estimate of drug-likeness (QED) is 0.826. The van der Waals surface area contributed by atoms with E-state index in [0.29, 0.717) is 6.54 Å². The number of nitrogens with one attached hydrogen (secondary N) is 1. The Morgan fingerprint density at radius 1 is 1.21 bits per heavy atom. The van der Waals surface area contributed by atoms with E-state index in [0.717, 1.165) is 18.4 Å². The van der Waals surface area contributed by atoms with Crippen LogP contribution < -0.4 is 11.1 Å². The topological polar surface area (TPSA) is 58.4 Å². The lowest BCUT2D eigenvalue weighted by Crippen LogP contribution is -2.54. The second-order valence-electron chi connectivity index (χ2n) is 7.12. The zero-order valence-electron chi connectivity index (χ0n) is 15.1. The summed E-state index contributed by atoms with van der Waals surface area (Å²) < 4.78 is 0. The molecule has 0 aromatic heterocycles.